The van der Waals surface area contributed by atoms with E-state index in [1.165, 1.54) is 25.3 Å². The average molecular weight is 330 g/mol. The Hall–Kier alpha value is -3.29. The van der Waals surface area contributed by atoms with E-state index in [2.05, 4.69) is 10.1 Å². The van der Waals surface area contributed by atoms with Crippen molar-refractivity contribution in [3.8, 4) is 0 Å². The minimum atomic E-state index is -0.989. The van der Waals surface area contributed by atoms with Gasteiger partial charge < -0.3 is 10.1 Å². The van der Waals surface area contributed by atoms with Crippen molar-refractivity contribution in [2.24, 2.45) is 5.92 Å². The molecule has 24 heavy (non-hydrogen) atoms. The predicted molar refractivity (Wildman–Crippen MR) is 82.2 cm³/mol. The van der Waals surface area contributed by atoms with Gasteiger partial charge in [0.1, 0.15) is 5.70 Å². The molecule has 0 heterocycles. The molecule has 0 saturated heterocycles. The zero-order valence-corrected chi connectivity index (χ0v) is 12.7. The smallest absolute Gasteiger partial charge is 0.313 e. The van der Waals surface area contributed by atoms with E-state index in [1.54, 1.807) is 18.2 Å². The van der Waals surface area contributed by atoms with E-state index >= 15 is 0 Å². The lowest BCUT2D eigenvalue weighted by molar-refractivity contribution is -0.422. The number of nitro groups is 1. The van der Waals surface area contributed by atoms with Crippen LogP contribution in [0.1, 0.15) is 16.8 Å². The monoisotopic (exact) mass is 330 g/mol. The highest BCUT2D eigenvalue weighted by Gasteiger charge is 2.30. The quantitative estimate of drug-likeness (QED) is 0.285. The van der Waals surface area contributed by atoms with Gasteiger partial charge in [0.25, 0.3) is 17.4 Å². The zero-order valence-electron chi connectivity index (χ0n) is 12.7. The van der Waals surface area contributed by atoms with Crippen molar-refractivity contribution in [2.45, 2.75) is 6.42 Å². The Morgan fingerprint density at radius 2 is 1.92 bits per heavy atom. The second-order valence-electron chi connectivity index (χ2n) is 4.94. The van der Waals surface area contributed by atoms with Crippen molar-refractivity contribution in [1.82, 2.24) is 5.32 Å². The molecule has 8 nitrogen and oxygen atoms in total. The van der Waals surface area contributed by atoms with Crippen molar-refractivity contribution in [2.75, 3.05) is 7.11 Å². The SMILES string of the molecule is COC(=O)C1C=C([N+](=O)[O-])C(NC(=O)C(=O)c2ccccc2)=CC1. The van der Waals surface area contributed by atoms with E-state index in [1.807, 2.05) is 0 Å². The maximum absolute atomic E-state index is 12.0. The molecule has 1 aromatic rings. The van der Waals surface area contributed by atoms with Gasteiger partial charge >= 0.3 is 5.97 Å². The molecular weight excluding hydrogens is 316 g/mol. The third-order valence-electron chi connectivity index (χ3n) is 3.40. The van der Waals surface area contributed by atoms with E-state index < -0.39 is 34.2 Å². The summed E-state index contributed by atoms with van der Waals surface area (Å²) in [7, 11) is 1.18. The topological polar surface area (TPSA) is 116 Å². The molecule has 2 rings (SSSR count). The first kappa shape index (κ1) is 17.1. The van der Waals surface area contributed by atoms with Crippen LogP contribution in [-0.4, -0.2) is 29.7 Å². The van der Waals surface area contributed by atoms with Crippen molar-refractivity contribution >= 4 is 17.7 Å². The minimum Gasteiger partial charge on any atom is -0.469 e. The summed E-state index contributed by atoms with van der Waals surface area (Å²) in [4.78, 5) is 45.9. The highest BCUT2D eigenvalue weighted by molar-refractivity contribution is 6.43. The summed E-state index contributed by atoms with van der Waals surface area (Å²) in [6, 6.07) is 7.83. The van der Waals surface area contributed by atoms with Crippen LogP contribution in [0.25, 0.3) is 0 Å². The maximum atomic E-state index is 12.0. The number of hydrogen-bond donors (Lipinski definition) is 1. The number of methoxy groups -OCH3 is 1. The van der Waals surface area contributed by atoms with E-state index in [4.69, 9.17) is 0 Å². The molecule has 1 aliphatic rings. The van der Waals surface area contributed by atoms with Gasteiger partial charge in [-0.2, -0.15) is 0 Å². The fourth-order valence-corrected chi connectivity index (χ4v) is 2.19. The minimum absolute atomic E-state index is 0.116. The normalized spacial score (nSPS) is 16.5. The van der Waals surface area contributed by atoms with Crippen LogP contribution in [0.4, 0.5) is 0 Å². The van der Waals surface area contributed by atoms with Gasteiger partial charge in [0.15, 0.2) is 0 Å². The fourth-order valence-electron chi connectivity index (χ4n) is 2.19. The van der Waals surface area contributed by atoms with E-state index in [0.29, 0.717) is 0 Å². The summed E-state index contributed by atoms with van der Waals surface area (Å²) >= 11 is 0. The second-order valence-corrected chi connectivity index (χ2v) is 4.94. The van der Waals surface area contributed by atoms with Crippen LogP contribution in [0.2, 0.25) is 0 Å². The Morgan fingerprint density at radius 1 is 1.25 bits per heavy atom. The van der Waals surface area contributed by atoms with Crippen LogP contribution in [0, 0.1) is 16.0 Å². The molecule has 0 aliphatic heterocycles. The Kier molecular flexibility index (Phi) is 5.20. The van der Waals surface area contributed by atoms with Crippen molar-refractivity contribution in [3.05, 3.63) is 69.6 Å². The Labute approximate surface area is 136 Å². The molecule has 1 amide bonds. The zero-order chi connectivity index (χ0) is 17.7. The maximum Gasteiger partial charge on any atom is 0.313 e. The van der Waals surface area contributed by atoms with Crippen molar-refractivity contribution in [1.29, 1.82) is 0 Å². The Balaban J connectivity index is 2.17. The van der Waals surface area contributed by atoms with E-state index in [-0.39, 0.29) is 17.7 Å². The fraction of sp³-hybridized carbons (Fsp3) is 0.188. The number of esters is 1. The van der Waals surface area contributed by atoms with Crippen molar-refractivity contribution < 1.29 is 24.0 Å². The summed E-state index contributed by atoms with van der Waals surface area (Å²) in [6.45, 7) is 0. The van der Waals surface area contributed by atoms with Crippen LogP contribution in [-0.2, 0) is 14.3 Å². The average Bonchev–Trinajstić information content (AvgIpc) is 2.61. The molecule has 124 valence electrons. The van der Waals surface area contributed by atoms with Gasteiger partial charge in [0.2, 0.25) is 0 Å². The highest BCUT2D eigenvalue weighted by atomic mass is 16.6. The number of carbonyl (C=O) groups excluding carboxylic acids is 3. The number of rotatable bonds is 5. The molecule has 1 N–H and O–H groups in total. The first-order valence-corrected chi connectivity index (χ1v) is 6.99. The number of nitrogens with one attached hydrogen (secondary N) is 1. The van der Waals surface area contributed by atoms with Gasteiger partial charge in [-0.05, 0) is 6.42 Å². The summed E-state index contributed by atoms with van der Waals surface area (Å²) in [6.07, 6.45) is 2.56. The largest absolute Gasteiger partial charge is 0.469 e. The van der Waals surface area contributed by atoms with Gasteiger partial charge in [-0.15, -0.1) is 0 Å². The summed E-state index contributed by atoms with van der Waals surface area (Å²) in [5.74, 6) is -3.22. The van der Waals surface area contributed by atoms with Crippen LogP contribution in [0.5, 0.6) is 0 Å². The number of hydrogen-bond acceptors (Lipinski definition) is 6. The third-order valence-corrected chi connectivity index (χ3v) is 3.40. The van der Waals surface area contributed by atoms with E-state index in [9.17, 15) is 24.5 Å². The molecule has 0 spiro atoms. The predicted octanol–water partition coefficient (Wildman–Crippen LogP) is 1.22. The number of allylic oxidation sites excluding steroid dienone is 1. The van der Waals surface area contributed by atoms with Gasteiger partial charge in [0, 0.05) is 11.6 Å². The van der Waals surface area contributed by atoms with Crippen LogP contribution in [0.15, 0.2) is 53.9 Å². The second kappa shape index (κ2) is 7.32. The van der Waals surface area contributed by atoms with Gasteiger partial charge in [0.05, 0.1) is 18.0 Å². The number of ketones is 1. The summed E-state index contributed by atoms with van der Waals surface area (Å²) in [5, 5.41) is 13.4. The number of amides is 1. The van der Waals surface area contributed by atoms with Crippen molar-refractivity contribution in [3.63, 3.8) is 0 Å². The molecule has 1 aliphatic carbocycles. The standard InChI is InChI=1S/C16H14N2O6/c1-24-16(21)11-7-8-12(13(9-11)18(22)23)17-15(20)14(19)10-5-3-2-4-6-10/h2-6,8-9,11H,7H2,1H3,(H,17,20). The summed E-state index contributed by atoms with van der Waals surface area (Å²) < 4.78 is 4.55. The number of nitrogens with zero attached hydrogens (tertiary/aromatic N) is 1. The molecule has 1 unspecified atom stereocenters. The van der Waals surface area contributed by atoms with E-state index in [0.717, 1.165) is 6.08 Å². The number of Topliss-reactive ketones (excluding diaryl/α,β-unsaturated/α-hetero) is 1. The number of carbonyl (C=O) groups is 3. The lowest BCUT2D eigenvalue weighted by Crippen LogP contribution is -2.34. The Bertz CT molecular complexity index is 751. The highest BCUT2D eigenvalue weighted by Crippen LogP contribution is 2.23. The first-order chi connectivity index (χ1) is 11.4. The summed E-state index contributed by atoms with van der Waals surface area (Å²) in [5.41, 5.74) is -0.397. The first-order valence-electron chi connectivity index (χ1n) is 6.99. The Morgan fingerprint density at radius 3 is 2.50 bits per heavy atom. The lowest BCUT2D eigenvalue weighted by atomic mass is 9.97. The molecule has 1 atom stereocenters. The number of benzene rings is 1. The van der Waals surface area contributed by atoms with Crippen LogP contribution < -0.4 is 5.32 Å². The molecule has 0 saturated carbocycles. The molecule has 8 heteroatoms. The molecule has 0 fully saturated rings. The lowest BCUT2D eigenvalue weighted by Gasteiger charge is -2.15. The molecule has 0 radical (unpaired) electrons. The number of ether oxygens (including phenoxy) is 1. The van der Waals surface area contributed by atoms with Crippen LogP contribution >= 0.6 is 0 Å². The van der Waals surface area contributed by atoms with Gasteiger partial charge in [-0.25, -0.2) is 0 Å². The molecular formula is C16H14N2O6. The van der Waals surface area contributed by atoms with Gasteiger partial charge in [-0.3, -0.25) is 24.5 Å². The third kappa shape index (κ3) is 3.72. The molecule has 0 aromatic heterocycles. The van der Waals surface area contributed by atoms with Crippen LogP contribution in [0.3, 0.4) is 0 Å². The molecule has 0 bridgehead atoms. The van der Waals surface area contributed by atoms with Gasteiger partial charge in [-0.1, -0.05) is 36.4 Å². The molecule has 1 aromatic carbocycles.